The zero-order chi connectivity index (χ0) is 11.9. The fourth-order valence-electron chi connectivity index (χ4n) is 2.31. The predicted octanol–water partition coefficient (Wildman–Crippen LogP) is 3.93. The van der Waals surface area contributed by atoms with Crippen LogP contribution in [0.3, 0.4) is 0 Å². The van der Waals surface area contributed by atoms with Gasteiger partial charge >= 0.3 is 5.97 Å². The standard InChI is InChI=1S/C11H20O2.C2H6/c1-4-11(3,13-9(2)12)10-7-5-6-8-10;1-2/h10H,4-8H2,1-3H3;1-2H3. The van der Waals surface area contributed by atoms with E-state index in [4.69, 9.17) is 4.74 Å². The molecule has 0 N–H and O–H groups in total. The molecule has 0 aromatic heterocycles. The molecule has 1 rings (SSSR count). The van der Waals surface area contributed by atoms with Crippen LogP contribution in [0.15, 0.2) is 0 Å². The first-order valence-electron chi connectivity index (χ1n) is 6.28. The third-order valence-corrected chi connectivity index (χ3v) is 3.30. The maximum Gasteiger partial charge on any atom is 0.303 e. The summed E-state index contributed by atoms with van der Waals surface area (Å²) in [5.41, 5.74) is -0.206. The molecule has 0 aliphatic heterocycles. The monoisotopic (exact) mass is 214 g/mol. The van der Waals surface area contributed by atoms with Crippen molar-refractivity contribution in [1.29, 1.82) is 0 Å². The maximum absolute atomic E-state index is 11.0. The van der Waals surface area contributed by atoms with Crippen LogP contribution in [0.2, 0.25) is 0 Å². The van der Waals surface area contributed by atoms with Gasteiger partial charge in [-0.2, -0.15) is 0 Å². The molecule has 0 amide bonds. The largest absolute Gasteiger partial charge is 0.459 e. The second-order valence-corrected chi connectivity index (χ2v) is 4.24. The Hall–Kier alpha value is -0.530. The molecule has 90 valence electrons. The van der Waals surface area contributed by atoms with Crippen molar-refractivity contribution in [3.05, 3.63) is 0 Å². The highest BCUT2D eigenvalue weighted by Gasteiger charge is 2.37. The molecule has 0 bridgehead atoms. The van der Waals surface area contributed by atoms with Crippen molar-refractivity contribution in [2.24, 2.45) is 5.92 Å². The van der Waals surface area contributed by atoms with Crippen LogP contribution >= 0.6 is 0 Å². The first kappa shape index (κ1) is 14.5. The summed E-state index contributed by atoms with van der Waals surface area (Å²) in [5.74, 6) is 0.442. The lowest BCUT2D eigenvalue weighted by Gasteiger charge is -2.33. The smallest absolute Gasteiger partial charge is 0.303 e. The Kier molecular flexibility index (Phi) is 6.62. The molecule has 2 nitrogen and oxygen atoms in total. The average Bonchev–Trinajstić information content (AvgIpc) is 2.73. The van der Waals surface area contributed by atoms with Crippen molar-refractivity contribution < 1.29 is 9.53 Å². The molecule has 0 aromatic rings. The molecule has 0 spiro atoms. The maximum atomic E-state index is 11.0. The minimum absolute atomic E-state index is 0.142. The molecule has 0 radical (unpaired) electrons. The van der Waals surface area contributed by atoms with E-state index >= 15 is 0 Å². The molecule has 0 heterocycles. The lowest BCUT2D eigenvalue weighted by atomic mass is 9.85. The summed E-state index contributed by atoms with van der Waals surface area (Å²) in [5, 5.41) is 0. The van der Waals surface area contributed by atoms with Gasteiger partial charge in [-0.15, -0.1) is 0 Å². The van der Waals surface area contributed by atoms with Gasteiger partial charge in [-0.25, -0.2) is 0 Å². The number of rotatable bonds is 3. The van der Waals surface area contributed by atoms with Crippen molar-refractivity contribution in [2.45, 2.75) is 72.3 Å². The van der Waals surface area contributed by atoms with Crippen molar-refractivity contribution in [2.75, 3.05) is 0 Å². The highest BCUT2D eigenvalue weighted by atomic mass is 16.6. The minimum atomic E-state index is -0.206. The summed E-state index contributed by atoms with van der Waals surface area (Å²) in [7, 11) is 0. The van der Waals surface area contributed by atoms with Gasteiger partial charge in [0.2, 0.25) is 0 Å². The highest BCUT2D eigenvalue weighted by Crippen LogP contribution is 2.38. The van der Waals surface area contributed by atoms with Gasteiger partial charge < -0.3 is 4.74 Å². The van der Waals surface area contributed by atoms with Crippen molar-refractivity contribution in [1.82, 2.24) is 0 Å². The van der Waals surface area contributed by atoms with Crippen LogP contribution in [-0.4, -0.2) is 11.6 Å². The summed E-state index contributed by atoms with van der Waals surface area (Å²) in [6.45, 7) is 9.68. The highest BCUT2D eigenvalue weighted by molar-refractivity contribution is 5.66. The SMILES string of the molecule is CC.CCC(C)(OC(C)=O)C1CCCC1. The molecule has 1 saturated carbocycles. The van der Waals surface area contributed by atoms with E-state index in [2.05, 4.69) is 13.8 Å². The predicted molar refractivity (Wildman–Crippen MR) is 63.8 cm³/mol. The molecular weight excluding hydrogens is 188 g/mol. The summed E-state index contributed by atoms with van der Waals surface area (Å²) in [6.07, 6.45) is 5.95. The number of carbonyl (C=O) groups excluding carboxylic acids is 1. The van der Waals surface area contributed by atoms with E-state index in [1.807, 2.05) is 13.8 Å². The van der Waals surface area contributed by atoms with E-state index in [1.165, 1.54) is 32.6 Å². The van der Waals surface area contributed by atoms with E-state index in [0.29, 0.717) is 5.92 Å². The molecule has 0 aromatic carbocycles. The van der Waals surface area contributed by atoms with Gasteiger partial charge in [0, 0.05) is 6.92 Å². The second-order valence-electron chi connectivity index (χ2n) is 4.24. The van der Waals surface area contributed by atoms with Crippen molar-refractivity contribution in [3.63, 3.8) is 0 Å². The zero-order valence-electron chi connectivity index (χ0n) is 10.9. The van der Waals surface area contributed by atoms with Gasteiger partial charge in [0.25, 0.3) is 0 Å². The molecule has 1 atom stereocenters. The molecule has 2 heteroatoms. The molecule has 1 aliphatic carbocycles. The van der Waals surface area contributed by atoms with Crippen LogP contribution in [0.5, 0.6) is 0 Å². The Morgan fingerprint density at radius 3 is 2.13 bits per heavy atom. The van der Waals surface area contributed by atoms with E-state index in [9.17, 15) is 4.79 Å². The number of carbonyl (C=O) groups is 1. The van der Waals surface area contributed by atoms with E-state index in [0.717, 1.165) is 6.42 Å². The van der Waals surface area contributed by atoms with Gasteiger partial charge in [-0.3, -0.25) is 4.79 Å². The topological polar surface area (TPSA) is 26.3 Å². The fraction of sp³-hybridized carbons (Fsp3) is 0.923. The van der Waals surface area contributed by atoms with Gasteiger partial charge in [0.1, 0.15) is 5.60 Å². The van der Waals surface area contributed by atoms with Gasteiger partial charge in [0.15, 0.2) is 0 Å². The average molecular weight is 214 g/mol. The van der Waals surface area contributed by atoms with Gasteiger partial charge in [-0.05, 0) is 32.1 Å². The summed E-state index contributed by atoms with van der Waals surface area (Å²) < 4.78 is 5.43. The zero-order valence-corrected chi connectivity index (χ0v) is 10.9. The van der Waals surface area contributed by atoms with Crippen molar-refractivity contribution >= 4 is 5.97 Å². The Morgan fingerprint density at radius 2 is 1.80 bits per heavy atom. The first-order chi connectivity index (χ1) is 7.08. The molecule has 1 fully saturated rings. The molecule has 0 saturated heterocycles. The minimum Gasteiger partial charge on any atom is -0.459 e. The van der Waals surface area contributed by atoms with E-state index in [1.54, 1.807) is 0 Å². The third-order valence-electron chi connectivity index (χ3n) is 3.30. The Labute approximate surface area is 94.4 Å². The lowest BCUT2D eigenvalue weighted by molar-refractivity contribution is -0.161. The Balaban J connectivity index is 0.000000921. The molecule has 1 aliphatic rings. The van der Waals surface area contributed by atoms with E-state index < -0.39 is 0 Å². The number of hydrogen-bond donors (Lipinski definition) is 0. The van der Waals surface area contributed by atoms with Crippen molar-refractivity contribution in [3.8, 4) is 0 Å². The molecule has 1 unspecified atom stereocenters. The third kappa shape index (κ3) is 4.23. The molecular formula is C13H26O2. The number of ether oxygens (including phenoxy) is 1. The second kappa shape index (κ2) is 6.86. The van der Waals surface area contributed by atoms with Gasteiger partial charge in [0.05, 0.1) is 0 Å². The van der Waals surface area contributed by atoms with Gasteiger partial charge in [-0.1, -0.05) is 33.6 Å². The fourth-order valence-corrected chi connectivity index (χ4v) is 2.31. The lowest BCUT2D eigenvalue weighted by Crippen LogP contribution is -2.37. The van der Waals surface area contributed by atoms with Crippen LogP contribution in [0, 0.1) is 5.92 Å². The van der Waals surface area contributed by atoms with Crippen LogP contribution < -0.4 is 0 Å². The molecule has 15 heavy (non-hydrogen) atoms. The van der Waals surface area contributed by atoms with Crippen LogP contribution in [0.25, 0.3) is 0 Å². The van der Waals surface area contributed by atoms with Crippen LogP contribution in [-0.2, 0) is 9.53 Å². The Morgan fingerprint density at radius 1 is 1.33 bits per heavy atom. The first-order valence-corrected chi connectivity index (χ1v) is 6.28. The van der Waals surface area contributed by atoms with Crippen LogP contribution in [0.4, 0.5) is 0 Å². The van der Waals surface area contributed by atoms with E-state index in [-0.39, 0.29) is 11.6 Å². The quantitative estimate of drug-likeness (QED) is 0.665. The Bertz CT molecular complexity index is 183. The number of hydrogen-bond acceptors (Lipinski definition) is 2. The summed E-state index contributed by atoms with van der Waals surface area (Å²) in [6, 6.07) is 0. The summed E-state index contributed by atoms with van der Waals surface area (Å²) in [4.78, 5) is 11.0. The summed E-state index contributed by atoms with van der Waals surface area (Å²) >= 11 is 0. The normalized spacial score (nSPS) is 20.1. The number of esters is 1. The van der Waals surface area contributed by atoms with Crippen LogP contribution in [0.1, 0.15) is 66.7 Å².